The Bertz CT molecular complexity index is 592. The maximum atomic E-state index is 12.4. The smallest absolute Gasteiger partial charge is 0.341 e. The SMILES string of the molecule is O=C1C[C@@]23CC[C@@H]1[C@H]1O[C@]12C(=O)OCC31C=CCC=C1. The van der Waals surface area contributed by atoms with Crippen LogP contribution in [0.2, 0.25) is 0 Å². The minimum atomic E-state index is -0.839. The van der Waals surface area contributed by atoms with E-state index in [1.165, 1.54) is 0 Å². The van der Waals surface area contributed by atoms with E-state index in [1.54, 1.807) is 0 Å². The van der Waals surface area contributed by atoms with Crippen LogP contribution in [0.5, 0.6) is 0 Å². The van der Waals surface area contributed by atoms with Crippen LogP contribution in [-0.4, -0.2) is 30.1 Å². The number of ketones is 1. The maximum absolute atomic E-state index is 12.4. The third-order valence-electron chi connectivity index (χ3n) is 6.24. The Hall–Kier alpha value is -1.42. The zero-order valence-electron chi connectivity index (χ0n) is 11.1. The molecule has 0 unspecified atom stereocenters. The molecular formula is C16H16O4. The largest absolute Gasteiger partial charge is 0.462 e. The lowest BCUT2D eigenvalue weighted by Crippen LogP contribution is -2.68. The van der Waals surface area contributed by atoms with Crippen LogP contribution in [-0.2, 0) is 19.1 Å². The van der Waals surface area contributed by atoms with E-state index in [4.69, 9.17) is 9.47 Å². The molecule has 0 aromatic carbocycles. The number of rotatable bonds is 0. The van der Waals surface area contributed by atoms with Gasteiger partial charge in [0, 0.05) is 23.2 Å². The summed E-state index contributed by atoms with van der Waals surface area (Å²) in [7, 11) is 0. The molecule has 0 amide bonds. The number of carbonyl (C=O) groups excluding carboxylic acids is 2. The molecular weight excluding hydrogens is 256 g/mol. The summed E-state index contributed by atoms with van der Waals surface area (Å²) in [6.45, 7) is 0.342. The fourth-order valence-electron chi connectivity index (χ4n) is 5.27. The molecule has 3 spiro atoms. The summed E-state index contributed by atoms with van der Waals surface area (Å²) in [4.78, 5) is 24.8. The third-order valence-corrected chi connectivity index (χ3v) is 6.24. The van der Waals surface area contributed by atoms with Crippen molar-refractivity contribution in [3.63, 3.8) is 0 Å². The number of esters is 1. The third kappa shape index (κ3) is 0.908. The molecule has 3 saturated carbocycles. The van der Waals surface area contributed by atoms with Crippen LogP contribution in [0.15, 0.2) is 24.3 Å². The van der Waals surface area contributed by atoms with E-state index in [0.717, 1.165) is 19.3 Å². The molecule has 104 valence electrons. The molecule has 4 atom stereocenters. The highest BCUT2D eigenvalue weighted by Crippen LogP contribution is 2.74. The molecule has 5 fully saturated rings. The number of epoxide rings is 1. The van der Waals surface area contributed by atoms with Crippen LogP contribution >= 0.6 is 0 Å². The zero-order chi connectivity index (χ0) is 13.6. The second-order valence-electron chi connectivity index (χ2n) is 6.80. The number of Topliss-reactive ketones (excluding diaryl/α,β-unsaturated/α-hetero) is 1. The lowest BCUT2D eigenvalue weighted by Gasteiger charge is -2.58. The first-order chi connectivity index (χ1) is 9.65. The maximum Gasteiger partial charge on any atom is 0.341 e. The van der Waals surface area contributed by atoms with Gasteiger partial charge >= 0.3 is 5.97 Å². The summed E-state index contributed by atoms with van der Waals surface area (Å²) in [6, 6.07) is 0. The van der Waals surface area contributed by atoms with Gasteiger partial charge in [-0.2, -0.15) is 0 Å². The zero-order valence-corrected chi connectivity index (χ0v) is 11.1. The Balaban J connectivity index is 1.76. The predicted octanol–water partition coefficient (Wildman–Crippen LogP) is 1.55. The summed E-state index contributed by atoms with van der Waals surface area (Å²) in [5, 5.41) is 0. The van der Waals surface area contributed by atoms with E-state index in [2.05, 4.69) is 24.3 Å². The Morgan fingerprint density at radius 1 is 1.20 bits per heavy atom. The van der Waals surface area contributed by atoms with E-state index >= 15 is 0 Å². The van der Waals surface area contributed by atoms with Crippen LogP contribution in [0.4, 0.5) is 0 Å². The topological polar surface area (TPSA) is 55.9 Å². The highest BCUT2D eigenvalue weighted by atomic mass is 16.7. The van der Waals surface area contributed by atoms with Gasteiger partial charge in [-0.3, -0.25) is 4.79 Å². The highest BCUT2D eigenvalue weighted by Gasteiger charge is 2.87. The second-order valence-corrected chi connectivity index (χ2v) is 6.80. The van der Waals surface area contributed by atoms with E-state index in [9.17, 15) is 9.59 Å². The molecule has 6 aliphatic rings. The second kappa shape index (κ2) is 3.08. The average molecular weight is 272 g/mol. The van der Waals surface area contributed by atoms with Gasteiger partial charge in [-0.1, -0.05) is 24.3 Å². The number of allylic oxidation sites excluding steroid dienone is 2. The molecule has 6 rings (SSSR count). The number of cyclic esters (lactones) is 1. The minimum Gasteiger partial charge on any atom is -0.462 e. The number of carbonyl (C=O) groups is 2. The van der Waals surface area contributed by atoms with Crippen LogP contribution in [0, 0.1) is 16.7 Å². The molecule has 0 N–H and O–H groups in total. The van der Waals surface area contributed by atoms with E-state index in [1.807, 2.05) is 0 Å². The summed E-state index contributed by atoms with van der Waals surface area (Å²) in [6.07, 6.45) is 11.4. The van der Waals surface area contributed by atoms with Crippen molar-refractivity contribution in [2.24, 2.45) is 16.7 Å². The van der Waals surface area contributed by atoms with Gasteiger partial charge in [0.05, 0.1) is 0 Å². The van der Waals surface area contributed by atoms with E-state index in [0.29, 0.717) is 13.0 Å². The molecule has 0 aromatic heterocycles. The van der Waals surface area contributed by atoms with Crippen LogP contribution in [0.25, 0.3) is 0 Å². The Morgan fingerprint density at radius 2 is 2.00 bits per heavy atom. The number of fused-ring (bicyclic) bond motifs is 2. The number of hydrogen-bond donors (Lipinski definition) is 0. The molecule has 20 heavy (non-hydrogen) atoms. The Kier molecular flexibility index (Phi) is 1.74. The van der Waals surface area contributed by atoms with Gasteiger partial charge in [-0.05, 0) is 19.3 Å². The summed E-state index contributed by atoms with van der Waals surface area (Å²) in [5.41, 5.74) is -1.61. The summed E-state index contributed by atoms with van der Waals surface area (Å²) in [5.74, 6) is -0.0513. The lowest BCUT2D eigenvalue weighted by atomic mass is 9.43. The molecule has 2 heterocycles. The molecule has 4 aliphatic carbocycles. The predicted molar refractivity (Wildman–Crippen MR) is 68.7 cm³/mol. The first kappa shape index (κ1) is 11.3. The van der Waals surface area contributed by atoms with Crippen molar-refractivity contribution in [3.8, 4) is 0 Å². The average Bonchev–Trinajstić information content (AvgIpc) is 3.23. The van der Waals surface area contributed by atoms with Crippen molar-refractivity contribution in [2.75, 3.05) is 6.61 Å². The molecule has 2 aliphatic heterocycles. The summed E-state index contributed by atoms with van der Waals surface area (Å²) >= 11 is 0. The van der Waals surface area contributed by atoms with Crippen LogP contribution < -0.4 is 0 Å². The quantitative estimate of drug-likeness (QED) is 0.381. The Morgan fingerprint density at radius 3 is 2.75 bits per heavy atom. The standard InChI is InChI=1S/C16H16O4/c17-11-8-15-7-4-10(11)12-16(15,20-12)13(18)19-9-14(15)5-2-1-3-6-14/h2-3,5-6,10,12H,1,4,7-9H2/t10-,12+,15+,16-/m0/s1. The van der Waals surface area contributed by atoms with E-state index in [-0.39, 0.29) is 29.2 Å². The molecule has 0 aromatic rings. The highest BCUT2D eigenvalue weighted by molar-refractivity contribution is 5.96. The lowest BCUT2D eigenvalue weighted by molar-refractivity contribution is -0.189. The minimum absolute atomic E-state index is 0.0869. The van der Waals surface area contributed by atoms with Gasteiger partial charge in [-0.15, -0.1) is 0 Å². The van der Waals surface area contributed by atoms with Gasteiger partial charge in [0.2, 0.25) is 0 Å². The normalized spacial score (nSPS) is 49.8. The van der Waals surface area contributed by atoms with E-state index < -0.39 is 11.0 Å². The van der Waals surface area contributed by atoms with Crippen molar-refractivity contribution in [3.05, 3.63) is 24.3 Å². The molecule has 4 heteroatoms. The molecule has 2 bridgehead atoms. The molecule has 2 saturated heterocycles. The van der Waals surface area contributed by atoms with Gasteiger partial charge in [0.25, 0.3) is 0 Å². The van der Waals surface area contributed by atoms with Gasteiger partial charge in [-0.25, -0.2) is 4.79 Å². The fourth-order valence-corrected chi connectivity index (χ4v) is 5.27. The number of ether oxygens (including phenoxy) is 2. The van der Waals surface area contributed by atoms with Gasteiger partial charge < -0.3 is 9.47 Å². The van der Waals surface area contributed by atoms with Crippen molar-refractivity contribution < 1.29 is 19.1 Å². The first-order valence-corrected chi connectivity index (χ1v) is 7.38. The fraction of sp³-hybridized carbons (Fsp3) is 0.625. The molecule has 0 radical (unpaired) electrons. The van der Waals surface area contributed by atoms with Gasteiger partial charge in [0.1, 0.15) is 18.5 Å². The first-order valence-electron chi connectivity index (χ1n) is 7.38. The number of hydrogen-bond acceptors (Lipinski definition) is 4. The van der Waals surface area contributed by atoms with Crippen LogP contribution in [0.3, 0.4) is 0 Å². The van der Waals surface area contributed by atoms with Crippen molar-refractivity contribution in [1.82, 2.24) is 0 Å². The monoisotopic (exact) mass is 272 g/mol. The Labute approximate surface area is 116 Å². The van der Waals surface area contributed by atoms with Crippen molar-refractivity contribution in [2.45, 2.75) is 37.4 Å². The van der Waals surface area contributed by atoms with Crippen molar-refractivity contribution in [1.29, 1.82) is 0 Å². The summed E-state index contributed by atoms with van der Waals surface area (Å²) < 4.78 is 11.4. The van der Waals surface area contributed by atoms with Crippen molar-refractivity contribution >= 4 is 11.8 Å². The van der Waals surface area contributed by atoms with Crippen LogP contribution in [0.1, 0.15) is 25.7 Å². The van der Waals surface area contributed by atoms with Gasteiger partial charge in [0.15, 0.2) is 5.60 Å². The molecule has 4 nitrogen and oxygen atoms in total.